The van der Waals surface area contributed by atoms with E-state index in [2.05, 4.69) is 10.3 Å². The minimum atomic E-state index is -4.68. The number of alkyl halides is 3. The molecule has 4 aromatic rings. The summed E-state index contributed by atoms with van der Waals surface area (Å²) >= 11 is 1.86. The number of nitrogens with one attached hydrogen (secondary N) is 2. The second kappa shape index (κ2) is 11.7. The second-order valence-corrected chi connectivity index (χ2v) is 12.2. The van der Waals surface area contributed by atoms with Crippen molar-refractivity contribution >= 4 is 52.2 Å². The fourth-order valence-electron chi connectivity index (χ4n) is 5.32. The number of imide groups is 1. The lowest BCUT2D eigenvalue weighted by molar-refractivity contribution is -0.137. The second-order valence-electron chi connectivity index (χ2n) is 10.1. The van der Waals surface area contributed by atoms with Crippen LogP contribution in [-0.4, -0.2) is 41.7 Å². The van der Waals surface area contributed by atoms with Crippen LogP contribution in [0.25, 0.3) is 0 Å². The number of benzene rings is 3. The molecule has 3 unspecified atom stereocenters. The minimum absolute atomic E-state index is 0.180. The molecule has 9 nitrogen and oxygen atoms in total. The zero-order valence-electron chi connectivity index (χ0n) is 23.0. The predicted octanol–water partition coefficient (Wildman–Crippen LogP) is 5.42. The maximum Gasteiger partial charge on any atom is 0.416 e. The molecule has 0 saturated carbocycles. The van der Waals surface area contributed by atoms with E-state index in [0.717, 1.165) is 46.2 Å². The molecule has 3 atom stereocenters. The summed E-state index contributed by atoms with van der Waals surface area (Å²) in [7, 11) is 1.36. The molecule has 232 valence electrons. The number of aromatic amines is 1. The molecule has 15 heteroatoms. The van der Waals surface area contributed by atoms with Crippen LogP contribution in [0.3, 0.4) is 0 Å². The van der Waals surface area contributed by atoms with Gasteiger partial charge in [-0.15, -0.1) is 0 Å². The summed E-state index contributed by atoms with van der Waals surface area (Å²) in [4.78, 5) is 55.8. The topological polar surface area (TPSA) is 118 Å². The number of fused-ring (bicyclic) bond motifs is 2. The summed E-state index contributed by atoms with van der Waals surface area (Å²) in [6.07, 6.45) is -4.68. The smallest absolute Gasteiger partial charge is 0.416 e. The molecule has 0 bridgehead atoms. The number of ether oxygens (including phenoxy) is 2. The lowest BCUT2D eigenvalue weighted by atomic mass is 9.83. The number of hydrogen-bond acceptors (Lipinski definition) is 8. The quantitative estimate of drug-likeness (QED) is 0.201. The Morgan fingerprint density at radius 3 is 2.47 bits per heavy atom. The van der Waals surface area contributed by atoms with Gasteiger partial charge in [0, 0.05) is 16.5 Å². The number of amides is 3. The number of thiazole rings is 1. The van der Waals surface area contributed by atoms with E-state index in [1.807, 2.05) is 0 Å². The van der Waals surface area contributed by atoms with Gasteiger partial charge < -0.3 is 19.8 Å². The van der Waals surface area contributed by atoms with Crippen LogP contribution in [-0.2, 0) is 20.6 Å². The van der Waals surface area contributed by atoms with Crippen molar-refractivity contribution in [2.45, 2.75) is 22.4 Å². The molecular weight excluding hydrogens is 638 g/mol. The van der Waals surface area contributed by atoms with Gasteiger partial charge in [-0.3, -0.25) is 19.2 Å². The fourth-order valence-corrected chi connectivity index (χ4v) is 7.84. The standard InChI is InChI=1S/C30H21F4N3O6S2/c1-42-20-11-14(5-10-19(20)43-13-21(38)35-17-8-6-16(31)7-9-17)22-23-25(44-26-24(22)45-29(41)36-26)28(40)37(27(23)39)18-4-2-3-15(12-18)30(32,33)34/h2-12,22-23,25H,13H2,1H3,(H,35,38)(H,36,41). The highest BCUT2D eigenvalue weighted by atomic mass is 32.2. The number of aromatic nitrogens is 1. The number of H-pyrrole nitrogens is 1. The third kappa shape index (κ3) is 5.80. The highest BCUT2D eigenvalue weighted by Crippen LogP contribution is 2.54. The van der Waals surface area contributed by atoms with E-state index >= 15 is 0 Å². The number of nitrogens with zero attached hydrogens (tertiary/aromatic N) is 1. The van der Waals surface area contributed by atoms with Gasteiger partial charge in [-0.25, -0.2) is 9.29 Å². The van der Waals surface area contributed by atoms with Crippen LogP contribution in [0, 0.1) is 11.7 Å². The monoisotopic (exact) mass is 659 g/mol. The van der Waals surface area contributed by atoms with E-state index in [1.54, 1.807) is 12.1 Å². The average molecular weight is 660 g/mol. The molecule has 2 aliphatic rings. The van der Waals surface area contributed by atoms with Gasteiger partial charge in [-0.05, 0) is 60.2 Å². The fraction of sp³-hybridized carbons (Fsp3) is 0.200. The first-order valence-electron chi connectivity index (χ1n) is 13.3. The summed E-state index contributed by atoms with van der Waals surface area (Å²) in [6, 6.07) is 13.9. The highest BCUT2D eigenvalue weighted by Gasteiger charge is 2.56. The Morgan fingerprint density at radius 1 is 1.00 bits per heavy atom. The minimum Gasteiger partial charge on any atom is -0.493 e. The SMILES string of the molecule is COc1cc(C2c3sc(=O)[nH]c3SC3C(=O)N(c4cccc(C(F)(F)F)c4)C(=O)C32)ccc1OCC(=O)Nc1ccc(F)cc1. The van der Waals surface area contributed by atoms with Gasteiger partial charge in [0.2, 0.25) is 11.8 Å². The number of thioether (sulfide) groups is 1. The van der Waals surface area contributed by atoms with Crippen molar-refractivity contribution in [3.63, 3.8) is 0 Å². The molecular formula is C30H21F4N3O6S2. The van der Waals surface area contributed by atoms with Crippen LogP contribution in [0.1, 0.15) is 21.9 Å². The molecule has 1 saturated heterocycles. The molecule has 1 fully saturated rings. The first kappa shape index (κ1) is 30.4. The molecule has 3 heterocycles. The molecule has 0 radical (unpaired) electrons. The Balaban J connectivity index is 1.30. The maximum atomic E-state index is 13.9. The van der Waals surface area contributed by atoms with Gasteiger partial charge >= 0.3 is 11.0 Å². The van der Waals surface area contributed by atoms with E-state index in [1.165, 1.54) is 43.5 Å². The zero-order chi connectivity index (χ0) is 32.0. The van der Waals surface area contributed by atoms with Crippen LogP contribution in [0.4, 0.5) is 28.9 Å². The molecule has 2 N–H and O–H groups in total. The summed E-state index contributed by atoms with van der Waals surface area (Å²) in [5.74, 6) is -3.89. The van der Waals surface area contributed by atoms with Gasteiger partial charge in [0.1, 0.15) is 11.1 Å². The predicted molar refractivity (Wildman–Crippen MR) is 157 cm³/mol. The number of rotatable bonds is 7. The van der Waals surface area contributed by atoms with Crippen LogP contribution in [0.2, 0.25) is 0 Å². The Labute approximate surface area is 260 Å². The molecule has 6 rings (SSSR count). The molecule has 1 aromatic heterocycles. The summed E-state index contributed by atoms with van der Waals surface area (Å²) < 4.78 is 64.6. The Hall–Kier alpha value is -4.63. The third-order valence-corrected chi connectivity index (χ3v) is 9.69. The molecule has 3 aromatic carbocycles. The lowest BCUT2D eigenvalue weighted by Crippen LogP contribution is -2.32. The molecule has 0 aliphatic carbocycles. The van der Waals surface area contributed by atoms with Crippen molar-refractivity contribution in [3.8, 4) is 11.5 Å². The van der Waals surface area contributed by atoms with E-state index < -0.39 is 63.8 Å². The number of halogens is 4. The van der Waals surface area contributed by atoms with Crippen molar-refractivity contribution in [1.29, 1.82) is 0 Å². The Morgan fingerprint density at radius 2 is 1.76 bits per heavy atom. The van der Waals surface area contributed by atoms with Crippen molar-refractivity contribution < 1.29 is 41.4 Å². The van der Waals surface area contributed by atoms with Crippen LogP contribution in [0.5, 0.6) is 11.5 Å². The number of carbonyl (C=O) groups is 3. The van der Waals surface area contributed by atoms with Crippen LogP contribution in [0.15, 0.2) is 76.6 Å². The molecule has 2 aliphatic heterocycles. The largest absolute Gasteiger partial charge is 0.493 e. The number of anilines is 2. The number of hydrogen-bond donors (Lipinski definition) is 2. The average Bonchev–Trinajstić information content (AvgIpc) is 3.50. The first-order valence-corrected chi connectivity index (χ1v) is 14.9. The van der Waals surface area contributed by atoms with Crippen LogP contribution >= 0.6 is 23.1 Å². The van der Waals surface area contributed by atoms with E-state index in [4.69, 9.17) is 9.47 Å². The Kier molecular flexibility index (Phi) is 7.91. The summed E-state index contributed by atoms with van der Waals surface area (Å²) in [5.41, 5.74) is -0.359. The van der Waals surface area contributed by atoms with Gasteiger partial charge in [-0.1, -0.05) is 35.2 Å². The van der Waals surface area contributed by atoms with Crippen LogP contribution < -0.4 is 24.6 Å². The zero-order valence-corrected chi connectivity index (χ0v) is 24.6. The van der Waals surface area contributed by atoms with Crippen molar-refractivity contribution in [1.82, 2.24) is 4.98 Å². The molecule has 0 spiro atoms. The number of carbonyl (C=O) groups excluding carboxylic acids is 3. The molecule has 45 heavy (non-hydrogen) atoms. The highest BCUT2D eigenvalue weighted by molar-refractivity contribution is 8.00. The van der Waals surface area contributed by atoms with E-state index in [0.29, 0.717) is 21.2 Å². The normalized spacial score (nSPS) is 19.2. The lowest BCUT2D eigenvalue weighted by Gasteiger charge is -2.30. The van der Waals surface area contributed by atoms with Gasteiger partial charge in [-0.2, -0.15) is 13.2 Å². The first-order chi connectivity index (χ1) is 21.4. The van der Waals surface area contributed by atoms with E-state index in [-0.39, 0.29) is 17.2 Å². The van der Waals surface area contributed by atoms with Crippen molar-refractivity contribution in [2.24, 2.45) is 5.92 Å². The Bertz CT molecular complexity index is 1870. The maximum absolute atomic E-state index is 13.9. The van der Waals surface area contributed by atoms with Gasteiger partial charge in [0.05, 0.1) is 29.3 Å². The van der Waals surface area contributed by atoms with Gasteiger partial charge in [0.15, 0.2) is 18.1 Å². The summed E-state index contributed by atoms with van der Waals surface area (Å²) in [5, 5.41) is 1.94. The molecule has 3 amide bonds. The van der Waals surface area contributed by atoms with Gasteiger partial charge in [0.25, 0.3) is 5.91 Å². The van der Waals surface area contributed by atoms with E-state index in [9.17, 15) is 36.7 Å². The van der Waals surface area contributed by atoms with Crippen molar-refractivity contribution in [3.05, 3.63) is 98.2 Å². The van der Waals surface area contributed by atoms with Crippen molar-refractivity contribution in [2.75, 3.05) is 23.9 Å². The summed E-state index contributed by atoms with van der Waals surface area (Å²) in [6.45, 7) is -0.416. The third-order valence-electron chi connectivity index (χ3n) is 7.29. The number of methoxy groups -OCH3 is 1.